The van der Waals surface area contributed by atoms with Crippen LogP contribution in [-0.2, 0) is 9.53 Å². The maximum absolute atomic E-state index is 11.5. The Labute approximate surface area is 109 Å². The van der Waals surface area contributed by atoms with Crippen molar-refractivity contribution in [2.45, 2.75) is 45.6 Å². The van der Waals surface area contributed by atoms with Gasteiger partial charge in [0.05, 0.1) is 6.10 Å². The molecule has 0 heterocycles. The molecule has 0 aromatic carbocycles. The van der Waals surface area contributed by atoms with Gasteiger partial charge in [0.1, 0.15) is 6.61 Å². The predicted octanol–water partition coefficient (Wildman–Crippen LogP) is 2.57. The van der Waals surface area contributed by atoms with Gasteiger partial charge >= 0.3 is 0 Å². The van der Waals surface area contributed by atoms with Crippen molar-refractivity contribution in [2.24, 2.45) is 11.8 Å². The second-order valence-electron chi connectivity index (χ2n) is 5.12. The van der Waals surface area contributed by atoms with Crippen LogP contribution in [0.3, 0.4) is 0 Å². The summed E-state index contributed by atoms with van der Waals surface area (Å²) in [5.74, 6) is 1.81. The van der Waals surface area contributed by atoms with Crippen molar-refractivity contribution in [3.63, 3.8) is 0 Å². The lowest BCUT2D eigenvalue weighted by Gasteiger charge is -2.30. The number of amides is 1. The van der Waals surface area contributed by atoms with Gasteiger partial charge in [-0.15, -0.1) is 11.6 Å². The van der Waals surface area contributed by atoms with Crippen molar-refractivity contribution in [3.8, 4) is 0 Å². The zero-order chi connectivity index (χ0) is 12.7. The summed E-state index contributed by atoms with van der Waals surface area (Å²) in [6, 6.07) is 0. The second kappa shape index (κ2) is 7.93. The number of carbonyl (C=O) groups is 1. The molecule has 100 valence electrons. The van der Waals surface area contributed by atoms with Crippen LogP contribution in [-0.4, -0.2) is 31.0 Å². The van der Waals surface area contributed by atoms with E-state index in [9.17, 15) is 4.79 Å². The first kappa shape index (κ1) is 14.8. The molecule has 2 unspecified atom stereocenters. The van der Waals surface area contributed by atoms with Crippen molar-refractivity contribution < 1.29 is 9.53 Å². The number of hydrogen-bond donors (Lipinski definition) is 1. The van der Waals surface area contributed by atoms with E-state index in [1.807, 2.05) is 13.8 Å². The maximum atomic E-state index is 11.5. The van der Waals surface area contributed by atoms with Crippen LogP contribution in [0.4, 0.5) is 0 Å². The maximum Gasteiger partial charge on any atom is 0.246 e. The minimum absolute atomic E-state index is 0.0161. The molecule has 1 aliphatic rings. The molecule has 1 N–H and O–H groups in total. The molecule has 1 aliphatic carbocycles. The summed E-state index contributed by atoms with van der Waals surface area (Å²) < 4.78 is 5.26. The average Bonchev–Trinajstić information content (AvgIpc) is 2.34. The van der Waals surface area contributed by atoms with Gasteiger partial charge in [0.15, 0.2) is 0 Å². The van der Waals surface area contributed by atoms with Crippen LogP contribution in [0.15, 0.2) is 0 Å². The number of carbonyl (C=O) groups excluding carboxylic acids is 1. The molecule has 0 bridgehead atoms. The fourth-order valence-electron chi connectivity index (χ4n) is 2.29. The Kier molecular flexibility index (Phi) is 6.90. The highest BCUT2D eigenvalue weighted by molar-refractivity contribution is 6.18. The highest BCUT2D eigenvalue weighted by Crippen LogP contribution is 2.30. The lowest BCUT2D eigenvalue weighted by atomic mass is 9.80. The molecule has 0 spiro atoms. The molecular weight excluding hydrogens is 238 g/mol. The van der Waals surface area contributed by atoms with E-state index >= 15 is 0 Å². The molecule has 1 fully saturated rings. The Bertz CT molecular complexity index is 233. The summed E-state index contributed by atoms with van der Waals surface area (Å²) in [7, 11) is 0. The summed E-state index contributed by atoms with van der Waals surface area (Å²) in [6.45, 7) is 4.77. The van der Waals surface area contributed by atoms with E-state index in [0.29, 0.717) is 17.7 Å². The zero-order valence-electron chi connectivity index (χ0n) is 10.9. The van der Waals surface area contributed by atoms with Gasteiger partial charge in [0.2, 0.25) is 5.91 Å². The van der Waals surface area contributed by atoms with E-state index in [4.69, 9.17) is 16.3 Å². The summed E-state index contributed by atoms with van der Waals surface area (Å²) in [5, 5.41) is 2.95. The Hall–Kier alpha value is -0.280. The SMILES string of the molecule is CC(C)OCC(=O)NCC1CCCCC1CCl. The summed E-state index contributed by atoms with van der Waals surface area (Å²) in [4.78, 5) is 11.5. The van der Waals surface area contributed by atoms with E-state index in [2.05, 4.69) is 5.32 Å². The molecule has 0 saturated heterocycles. The van der Waals surface area contributed by atoms with Gasteiger partial charge < -0.3 is 10.1 Å². The summed E-state index contributed by atoms with van der Waals surface area (Å²) in [5.41, 5.74) is 0. The number of halogens is 1. The molecule has 1 amide bonds. The average molecular weight is 262 g/mol. The van der Waals surface area contributed by atoms with E-state index < -0.39 is 0 Å². The standard InChI is InChI=1S/C13H24ClNO2/c1-10(2)17-9-13(16)15-8-12-6-4-3-5-11(12)7-14/h10-12H,3-9H2,1-2H3,(H,15,16). The molecule has 0 aromatic rings. The van der Waals surface area contributed by atoms with Crippen molar-refractivity contribution in [1.29, 1.82) is 0 Å². The Balaban J connectivity index is 2.21. The third kappa shape index (κ3) is 5.73. The highest BCUT2D eigenvalue weighted by Gasteiger charge is 2.24. The van der Waals surface area contributed by atoms with Gasteiger partial charge in [-0.2, -0.15) is 0 Å². The third-order valence-corrected chi connectivity index (χ3v) is 3.77. The minimum atomic E-state index is -0.0161. The first-order valence-electron chi connectivity index (χ1n) is 6.57. The second-order valence-corrected chi connectivity index (χ2v) is 5.43. The number of alkyl halides is 1. The number of ether oxygens (including phenoxy) is 1. The van der Waals surface area contributed by atoms with Gasteiger partial charge in [-0.25, -0.2) is 0 Å². The van der Waals surface area contributed by atoms with E-state index in [-0.39, 0.29) is 18.6 Å². The molecule has 0 radical (unpaired) electrons. The van der Waals surface area contributed by atoms with Crippen LogP contribution in [0.2, 0.25) is 0 Å². The number of rotatable bonds is 6. The molecule has 17 heavy (non-hydrogen) atoms. The monoisotopic (exact) mass is 261 g/mol. The van der Waals surface area contributed by atoms with Gasteiger partial charge in [-0.05, 0) is 38.5 Å². The van der Waals surface area contributed by atoms with Crippen LogP contribution < -0.4 is 5.32 Å². The quantitative estimate of drug-likeness (QED) is 0.747. The first-order chi connectivity index (χ1) is 8.13. The van der Waals surface area contributed by atoms with Crippen molar-refractivity contribution in [2.75, 3.05) is 19.0 Å². The first-order valence-corrected chi connectivity index (χ1v) is 7.11. The minimum Gasteiger partial charge on any atom is -0.369 e. The third-order valence-electron chi connectivity index (χ3n) is 3.37. The number of hydrogen-bond acceptors (Lipinski definition) is 2. The highest BCUT2D eigenvalue weighted by atomic mass is 35.5. The van der Waals surface area contributed by atoms with Gasteiger partial charge in [-0.1, -0.05) is 12.8 Å². The molecule has 3 nitrogen and oxygen atoms in total. The lowest BCUT2D eigenvalue weighted by molar-refractivity contribution is -0.127. The van der Waals surface area contributed by atoms with Gasteiger partial charge in [0, 0.05) is 12.4 Å². The molecule has 2 atom stereocenters. The van der Waals surface area contributed by atoms with Crippen LogP contribution >= 0.6 is 11.6 Å². The molecule has 1 rings (SSSR count). The predicted molar refractivity (Wildman–Crippen MR) is 70.3 cm³/mol. The molecule has 1 saturated carbocycles. The van der Waals surface area contributed by atoms with Crippen LogP contribution in [0.5, 0.6) is 0 Å². The van der Waals surface area contributed by atoms with Crippen LogP contribution in [0, 0.1) is 11.8 Å². The Morgan fingerprint density at radius 1 is 1.35 bits per heavy atom. The Morgan fingerprint density at radius 2 is 2.00 bits per heavy atom. The fraction of sp³-hybridized carbons (Fsp3) is 0.923. The fourth-order valence-corrected chi connectivity index (χ4v) is 2.70. The van der Waals surface area contributed by atoms with Gasteiger partial charge in [0.25, 0.3) is 0 Å². The largest absolute Gasteiger partial charge is 0.369 e. The molecule has 0 aliphatic heterocycles. The topological polar surface area (TPSA) is 38.3 Å². The van der Waals surface area contributed by atoms with Crippen LogP contribution in [0.25, 0.3) is 0 Å². The number of nitrogens with one attached hydrogen (secondary N) is 1. The van der Waals surface area contributed by atoms with E-state index in [0.717, 1.165) is 6.54 Å². The van der Waals surface area contributed by atoms with E-state index in [1.165, 1.54) is 25.7 Å². The smallest absolute Gasteiger partial charge is 0.246 e. The lowest BCUT2D eigenvalue weighted by Crippen LogP contribution is -2.37. The molecule has 0 aromatic heterocycles. The van der Waals surface area contributed by atoms with Crippen LogP contribution in [0.1, 0.15) is 39.5 Å². The van der Waals surface area contributed by atoms with Crippen molar-refractivity contribution in [1.82, 2.24) is 5.32 Å². The Morgan fingerprint density at radius 3 is 2.59 bits per heavy atom. The summed E-state index contributed by atoms with van der Waals surface area (Å²) >= 11 is 5.96. The van der Waals surface area contributed by atoms with Gasteiger partial charge in [-0.3, -0.25) is 4.79 Å². The summed E-state index contributed by atoms with van der Waals surface area (Å²) in [6.07, 6.45) is 5.02. The van der Waals surface area contributed by atoms with Crippen molar-refractivity contribution in [3.05, 3.63) is 0 Å². The zero-order valence-corrected chi connectivity index (χ0v) is 11.6. The van der Waals surface area contributed by atoms with Crippen molar-refractivity contribution >= 4 is 17.5 Å². The normalized spacial score (nSPS) is 24.9. The molecule has 4 heteroatoms. The molecular formula is C13H24ClNO2. The van der Waals surface area contributed by atoms with E-state index in [1.54, 1.807) is 0 Å².